The minimum Gasteiger partial charge on any atom is -0.367 e. The molecule has 1 atom stereocenters. The van der Waals surface area contributed by atoms with E-state index in [9.17, 15) is 19.2 Å². The van der Waals surface area contributed by atoms with E-state index in [2.05, 4.69) is 0 Å². The van der Waals surface area contributed by atoms with Gasteiger partial charge in [-0.3, -0.25) is 14.4 Å². The van der Waals surface area contributed by atoms with Gasteiger partial charge >= 0.3 is 6.03 Å². The van der Waals surface area contributed by atoms with Gasteiger partial charge in [0.05, 0.1) is 5.69 Å². The Kier molecular flexibility index (Phi) is 4.13. The Balaban J connectivity index is 1.65. The zero-order chi connectivity index (χ0) is 19.2. The number of primary amides is 1. The molecule has 0 aliphatic carbocycles. The third-order valence-corrected chi connectivity index (χ3v) is 5.76. The third-order valence-electron chi connectivity index (χ3n) is 5.76. The van der Waals surface area contributed by atoms with Crippen LogP contribution in [0, 0.1) is 0 Å². The van der Waals surface area contributed by atoms with Gasteiger partial charge in [-0.15, -0.1) is 0 Å². The lowest BCUT2D eigenvalue weighted by atomic mass is 9.86. The molecule has 1 aromatic carbocycles. The summed E-state index contributed by atoms with van der Waals surface area (Å²) in [5.41, 5.74) is 5.10. The van der Waals surface area contributed by atoms with E-state index in [0.29, 0.717) is 31.6 Å². The summed E-state index contributed by atoms with van der Waals surface area (Å²) in [5.74, 6) is -1.28. The van der Waals surface area contributed by atoms with Crippen molar-refractivity contribution in [3.63, 3.8) is 0 Å². The smallest absolute Gasteiger partial charge is 0.332 e. The van der Waals surface area contributed by atoms with E-state index in [4.69, 9.17) is 5.73 Å². The summed E-state index contributed by atoms with van der Waals surface area (Å²) in [6, 6.07) is 6.22. The first-order valence-corrected chi connectivity index (χ1v) is 9.33. The standard InChI is InChI=1S/C19H22N4O4/c20-16(25)19-10-2-4-12-22(19)18(27)23(17(19)26)14-8-6-13(7-9-14)21-11-3-1-5-15(21)24/h6-9H,1-5,10-12H2,(H2,20,25)/t19-/m0/s1. The van der Waals surface area contributed by atoms with Gasteiger partial charge in [-0.2, -0.15) is 0 Å². The summed E-state index contributed by atoms with van der Waals surface area (Å²) in [4.78, 5) is 54.2. The molecule has 0 unspecified atom stereocenters. The second-order valence-corrected chi connectivity index (χ2v) is 7.28. The number of imide groups is 1. The van der Waals surface area contributed by atoms with Crippen LogP contribution in [0.15, 0.2) is 24.3 Å². The topological polar surface area (TPSA) is 104 Å². The van der Waals surface area contributed by atoms with Crippen molar-refractivity contribution in [2.45, 2.75) is 44.1 Å². The second-order valence-electron chi connectivity index (χ2n) is 7.28. The zero-order valence-corrected chi connectivity index (χ0v) is 15.0. The maximum atomic E-state index is 13.1. The van der Waals surface area contributed by atoms with Crippen LogP contribution < -0.4 is 15.5 Å². The molecule has 0 radical (unpaired) electrons. The molecular formula is C19H22N4O4. The summed E-state index contributed by atoms with van der Waals surface area (Å²) in [5, 5.41) is 0. The molecule has 142 valence electrons. The normalized spacial score (nSPS) is 25.8. The van der Waals surface area contributed by atoms with Crippen LogP contribution in [0.2, 0.25) is 0 Å². The minimum atomic E-state index is -1.57. The molecular weight excluding hydrogens is 348 g/mol. The lowest BCUT2D eigenvalue weighted by molar-refractivity contribution is -0.139. The summed E-state index contributed by atoms with van der Waals surface area (Å²) < 4.78 is 0. The molecule has 8 heteroatoms. The second kappa shape index (κ2) is 6.37. The van der Waals surface area contributed by atoms with Crippen molar-refractivity contribution in [3.05, 3.63) is 24.3 Å². The molecule has 3 aliphatic heterocycles. The highest BCUT2D eigenvalue weighted by molar-refractivity contribution is 6.30. The van der Waals surface area contributed by atoms with Crippen molar-refractivity contribution in [2.24, 2.45) is 5.73 Å². The summed E-state index contributed by atoms with van der Waals surface area (Å²) in [6.45, 7) is 1.00. The minimum absolute atomic E-state index is 0.0761. The molecule has 27 heavy (non-hydrogen) atoms. The van der Waals surface area contributed by atoms with Gasteiger partial charge in [0.1, 0.15) is 0 Å². The maximum Gasteiger partial charge on any atom is 0.332 e. The number of carbonyl (C=O) groups is 4. The summed E-state index contributed by atoms with van der Waals surface area (Å²) >= 11 is 0. The lowest BCUT2D eigenvalue weighted by Crippen LogP contribution is -2.60. The molecule has 0 aromatic heterocycles. The molecule has 3 saturated heterocycles. The van der Waals surface area contributed by atoms with Crippen LogP contribution >= 0.6 is 0 Å². The van der Waals surface area contributed by atoms with Gasteiger partial charge in [0.15, 0.2) is 0 Å². The summed E-state index contributed by atoms with van der Waals surface area (Å²) in [6.07, 6.45) is 4.03. The number of amides is 5. The molecule has 4 rings (SSSR count). The van der Waals surface area contributed by atoms with E-state index in [1.54, 1.807) is 29.2 Å². The number of carbonyl (C=O) groups excluding carboxylic acids is 4. The predicted octanol–water partition coefficient (Wildman–Crippen LogP) is 1.38. The molecule has 3 aliphatic rings. The van der Waals surface area contributed by atoms with Gasteiger partial charge in [0, 0.05) is 25.2 Å². The molecule has 1 aromatic rings. The lowest BCUT2D eigenvalue weighted by Gasteiger charge is -2.35. The maximum absolute atomic E-state index is 13.1. The molecule has 0 spiro atoms. The fraction of sp³-hybridized carbons (Fsp3) is 0.474. The number of rotatable bonds is 3. The monoisotopic (exact) mass is 370 g/mol. The average Bonchev–Trinajstić information content (AvgIpc) is 2.91. The number of nitrogens with two attached hydrogens (primary N) is 1. The van der Waals surface area contributed by atoms with Gasteiger partial charge in [0.25, 0.3) is 11.8 Å². The highest BCUT2D eigenvalue weighted by Gasteiger charge is 2.62. The average molecular weight is 370 g/mol. The molecule has 3 fully saturated rings. The van der Waals surface area contributed by atoms with Crippen LogP contribution in [-0.2, 0) is 14.4 Å². The van der Waals surface area contributed by atoms with E-state index in [1.165, 1.54) is 4.90 Å². The fourth-order valence-electron chi connectivity index (χ4n) is 4.30. The molecule has 2 N–H and O–H groups in total. The van der Waals surface area contributed by atoms with E-state index < -0.39 is 23.4 Å². The van der Waals surface area contributed by atoms with Gasteiger partial charge < -0.3 is 15.5 Å². The Labute approximate surface area is 156 Å². The molecule has 0 saturated carbocycles. The van der Waals surface area contributed by atoms with Crippen LogP contribution in [0.4, 0.5) is 16.2 Å². The highest BCUT2D eigenvalue weighted by atomic mass is 16.2. The SMILES string of the molecule is NC(=O)[C@]12CCCCN1C(=O)N(c1ccc(N3CCCCC3=O)cc1)C2=O. The van der Waals surface area contributed by atoms with Gasteiger partial charge in [0.2, 0.25) is 11.4 Å². The Bertz CT molecular complexity index is 822. The predicted molar refractivity (Wildman–Crippen MR) is 98.0 cm³/mol. The number of urea groups is 1. The molecule has 3 heterocycles. The van der Waals surface area contributed by atoms with Crippen LogP contribution in [0.1, 0.15) is 38.5 Å². The van der Waals surface area contributed by atoms with Crippen molar-refractivity contribution < 1.29 is 19.2 Å². The van der Waals surface area contributed by atoms with E-state index >= 15 is 0 Å². The molecule has 8 nitrogen and oxygen atoms in total. The largest absolute Gasteiger partial charge is 0.367 e. The van der Waals surface area contributed by atoms with Gasteiger partial charge in [-0.05, 0) is 56.4 Å². The molecule has 0 bridgehead atoms. The van der Waals surface area contributed by atoms with E-state index in [1.807, 2.05) is 0 Å². The Morgan fingerprint density at radius 2 is 1.59 bits per heavy atom. The van der Waals surface area contributed by atoms with Crippen LogP contribution in [-0.4, -0.2) is 47.3 Å². The van der Waals surface area contributed by atoms with Gasteiger partial charge in [-0.25, -0.2) is 9.69 Å². The quantitative estimate of drug-likeness (QED) is 0.641. The number of fused-ring (bicyclic) bond motifs is 1. The molecule has 5 amide bonds. The first kappa shape index (κ1) is 17.5. The van der Waals surface area contributed by atoms with Crippen molar-refractivity contribution >= 4 is 35.1 Å². The van der Waals surface area contributed by atoms with Crippen LogP contribution in [0.25, 0.3) is 0 Å². The van der Waals surface area contributed by atoms with Crippen molar-refractivity contribution in [3.8, 4) is 0 Å². The van der Waals surface area contributed by atoms with Crippen LogP contribution in [0.3, 0.4) is 0 Å². The number of benzene rings is 1. The fourth-order valence-corrected chi connectivity index (χ4v) is 4.30. The van der Waals surface area contributed by atoms with Crippen molar-refractivity contribution in [1.29, 1.82) is 0 Å². The first-order chi connectivity index (χ1) is 13.0. The number of anilines is 2. The zero-order valence-electron chi connectivity index (χ0n) is 15.0. The van der Waals surface area contributed by atoms with Crippen molar-refractivity contribution in [1.82, 2.24) is 4.90 Å². The van der Waals surface area contributed by atoms with Crippen molar-refractivity contribution in [2.75, 3.05) is 22.9 Å². The number of piperidine rings is 2. The Hall–Kier alpha value is -2.90. The van der Waals surface area contributed by atoms with E-state index in [-0.39, 0.29) is 12.3 Å². The highest BCUT2D eigenvalue weighted by Crippen LogP contribution is 2.39. The van der Waals surface area contributed by atoms with E-state index in [0.717, 1.165) is 29.8 Å². The number of nitrogens with zero attached hydrogens (tertiary/aromatic N) is 3. The third kappa shape index (κ3) is 2.50. The first-order valence-electron chi connectivity index (χ1n) is 9.33. The Morgan fingerprint density at radius 1 is 0.926 bits per heavy atom. The number of hydrogen-bond acceptors (Lipinski definition) is 4. The van der Waals surface area contributed by atoms with Crippen LogP contribution in [0.5, 0.6) is 0 Å². The Morgan fingerprint density at radius 3 is 2.22 bits per heavy atom. The number of hydrogen-bond donors (Lipinski definition) is 1. The summed E-state index contributed by atoms with van der Waals surface area (Å²) in [7, 11) is 0. The van der Waals surface area contributed by atoms with Gasteiger partial charge in [-0.1, -0.05) is 0 Å².